The van der Waals surface area contributed by atoms with E-state index >= 15 is 0 Å². The Morgan fingerprint density at radius 3 is 2.71 bits per heavy atom. The molecule has 1 aliphatic heterocycles. The summed E-state index contributed by atoms with van der Waals surface area (Å²) < 4.78 is 4.53. The number of hydrogen-bond donors (Lipinski definition) is 0. The van der Waals surface area contributed by atoms with Gasteiger partial charge >= 0.3 is 5.97 Å². The summed E-state index contributed by atoms with van der Waals surface area (Å²) in [6, 6.07) is 2.94. The predicted molar refractivity (Wildman–Crippen MR) is 87.4 cm³/mol. The number of benzene rings is 1. The summed E-state index contributed by atoms with van der Waals surface area (Å²) in [4.78, 5) is 46.9. The Labute approximate surface area is 145 Å². The minimum absolute atomic E-state index is 0.0374. The number of amides is 2. The van der Waals surface area contributed by atoms with E-state index in [0.717, 1.165) is 12.0 Å². The lowest BCUT2D eigenvalue weighted by atomic mass is 10.2. The van der Waals surface area contributed by atoms with Gasteiger partial charge in [0.15, 0.2) is 0 Å². The van der Waals surface area contributed by atoms with Crippen LogP contribution >= 0.6 is 23.4 Å². The highest BCUT2D eigenvalue weighted by Gasteiger charge is 2.41. The van der Waals surface area contributed by atoms with Crippen molar-refractivity contribution in [2.24, 2.45) is 0 Å². The van der Waals surface area contributed by atoms with Gasteiger partial charge in [0.1, 0.15) is 11.1 Å². The normalized spacial score (nSPS) is 17.3. The van der Waals surface area contributed by atoms with Crippen LogP contribution in [-0.2, 0) is 14.3 Å². The van der Waals surface area contributed by atoms with Gasteiger partial charge in [-0.15, -0.1) is 0 Å². The van der Waals surface area contributed by atoms with Crippen LogP contribution in [0.1, 0.15) is 12.5 Å². The van der Waals surface area contributed by atoms with Gasteiger partial charge in [0.05, 0.1) is 16.9 Å². The Bertz CT molecular complexity index is 779. The van der Waals surface area contributed by atoms with Gasteiger partial charge < -0.3 is 4.74 Å². The first kappa shape index (κ1) is 18.0. The second-order valence-corrected chi connectivity index (χ2v) is 6.12. The summed E-state index contributed by atoms with van der Waals surface area (Å²) in [6.07, 6.45) is 1.33. The van der Waals surface area contributed by atoms with Crippen molar-refractivity contribution in [3.63, 3.8) is 0 Å². The molecule has 1 saturated heterocycles. The number of hydrogen-bond acceptors (Lipinski definition) is 7. The number of methoxy groups -OCH3 is 1. The second kappa shape index (κ2) is 7.02. The molecule has 0 saturated carbocycles. The number of carbonyl (C=O) groups excluding carboxylic acids is 3. The van der Waals surface area contributed by atoms with Gasteiger partial charge in [-0.2, -0.15) is 0 Å². The molecule has 0 aliphatic carbocycles. The molecule has 1 aromatic carbocycles. The zero-order chi connectivity index (χ0) is 18.0. The fraction of sp³-hybridized carbons (Fsp3) is 0.214. The highest BCUT2D eigenvalue weighted by Crippen LogP contribution is 2.35. The highest BCUT2D eigenvalue weighted by molar-refractivity contribution is 8.18. The van der Waals surface area contributed by atoms with Crippen molar-refractivity contribution in [1.82, 2.24) is 4.90 Å². The van der Waals surface area contributed by atoms with Crippen molar-refractivity contribution in [3.8, 4) is 0 Å². The molecular formula is C14H11ClN2O6S. The fourth-order valence-corrected chi connectivity index (χ4v) is 3.10. The minimum atomic E-state index is -1.06. The summed E-state index contributed by atoms with van der Waals surface area (Å²) in [5.74, 6) is -1.39. The molecule has 2 amide bonds. The van der Waals surface area contributed by atoms with Gasteiger partial charge in [0, 0.05) is 6.07 Å². The molecule has 0 N–H and O–H groups in total. The largest absolute Gasteiger partial charge is 0.467 e. The van der Waals surface area contributed by atoms with Gasteiger partial charge in [-0.3, -0.25) is 24.6 Å². The van der Waals surface area contributed by atoms with Crippen LogP contribution in [0.5, 0.6) is 0 Å². The van der Waals surface area contributed by atoms with Gasteiger partial charge in [0.2, 0.25) is 0 Å². The lowest BCUT2D eigenvalue weighted by Gasteiger charge is -2.18. The third-order valence-electron chi connectivity index (χ3n) is 3.22. The third kappa shape index (κ3) is 3.41. The Kier molecular flexibility index (Phi) is 5.25. The minimum Gasteiger partial charge on any atom is -0.467 e. The molecule has 10 heteroatoms. The molecule has 1 atom stereocenters. The molecule has 0 aromatic heterocycles. The molecular weight excluding hydrogens is 360 g/mol. The van der Waals surface area contributed by atoms with E-state index in [2.05, 4.69) is 4.74 Å². The van der Waals surface area contributed by atoms with Crippen LogP contribution < -0.4 is 0 Å². The van der Waals surface area contributed by atoms with Gasteiger partial charge in [-0.1, -0.05) is 17.7 Å². The molecule has 1 aliphatic rings. The number of ether oxygens (including phenoxy) is 1. The monoisotopic (exact) mass is 370 g/mol. The molecule has 8 nitrogen and oxygen atoms in total. The van der Waals surface area contributed by atoms with E-state index in [1.165, 1.54) is 31.2 Å². The van der Waals surface area contributed by atoms with Crippen LogP contribution in [0.3, 0.4) is 0 Å². The van der Waals surface area contributed by atoms with Crippen molar-refractivity contribution in [2.45, 2.75) is 13.0 Å². The molecule has 0 radical (unpaired) electrons. The van der Waals surface area contributed by atoms with E-state index in [4.69, 9.17) is 11.6 Å². The summed E-state index contributed by atoms with van der Waals surface area (Å²) in [6.45, 7) is 1.37. The fourth-order valence-electron chi connectivity index (χ4n) is 2.00. The number of esters is 1. The van der Waals surface area contributed by atoms with Crippen LogP contribution in [-0.4, -0.2) is 40.1 Å². The maximum atomic E-state index is 12.3. The van der Waals surface area contributed by atoms with Crippen molar-refractivity contribution in [3.05, 3.63) is 43.8 Å². The summed E-state index contributed by atoms with van der Waals surface area (Å²) >= 11 is 6.37. The van der Waals surface area contributed by atoms with Crippen molar-refractivity contribution in [1.29, 1.82) is 0 Å². The van der Waals surface area contributed by atoms with Crippen LogP contribution in [0, 0.1) is 10.1 Å². The Balaban J connectivity index is 2.34. The summed E-state index contributed by atoms with van der Waals surface area (Å²) in [5.41, 5.74) is 0.0231. The number of halogens is 1. The summed E-state index contributed by atoms with van der Waals surface area (Å²) in [5, 5.41) is 10.2. The topological polar surface area (TPSA) is 107 Å². The van der Waals surface area contributed by atoms with Crippen LogP contribution in [0.2, 0.25) is 5.02 Å². The van der Waals surface area contributed by atoms with Crippen LogP contribution in [0.4, 0.5) is 10.5 Å². The number of thioether (sulfide) groups is 1. The molecule has 1 heterocycles. The Morgan fingerprint density at radius 1 is 1.46 bits per heavy atom. The smallest absolute Gasteiger partial charge is 0.328 e. The van der Waals surface area contributed by atoms with E-state index in [-0.39, 0.29) is 15.6 Å². The number of carbonyl (C=O) groups is 3. The lowest BCUT2D eigenvalue weighted by Crippen LogP contribution is -2.42. The second-order valence-electron chi connectivity index (χ2n) is 4.72. The van der Waals surface area contributed by atoms with E-state index in [0.29, 0.717) is 17.3 Å². The number of rotatable bonds is 4. The first-order chi connectivity index (χ1) is 11.3. The van der Waals surface area contributed by atoms with E-state index in [9.17, 15) is 24.5 Å². The van der Waals surface area contributed by atoms with Crippen LogP contribution in [0.25, 0.3) is 6.08 Å². The standard InChI is InChI=1S/C14H11ClN2O6S/c1-7(13(19)23-2)16-12(18)11(24-14(16)20)6-8-3-4-9(15)10(5-8)17(21)22/h3-7H,1-2H3/b11-6+/t7-/m1/s1. The molecule has 0 bridgehead atoms. The predicted octanol–water partition coefficient (Wildman–Crippen LogP) is 2.85. The quantitative estimate of drug-likeness (QED) is 0.347. The van der Waals surface area contributed by atoms with Crippen molar-refractivity contribution >= 4 is 52.2 Å². The number of nitro groups is 1. The SMILES string of the molecule is COC(=O)[C@@H](C)N1C(=O)S/C(=C/c2ccc(Cl)c([N+](=O)[O-])c2)C1=O. The highest BCUT2D eigenvalue weighted by atomic mass is 35.5. The van der Waals surface area contributed by atoms with E-state index in [1.807, 2.05) is 0 Å². The van der Waals surface area contributed by atoms with Gasteiger partial charge in [0.25, 0.3) is 16.8 Å². The zero-order valence-electron chi connectivity index (χ0n) is 12.5. The van der Waals surface area contributed by atoms with Crippen molar-refractivity contribution < 1.29 is 24.0 Å². The number of nitrogens with zero attached hydrogens (tertiary/aromatic N) is 2. The average Bonchev–Trinajstić information content (AvgIpc) is 2.81. The molecule has 1 aromatic rings. The molecule has 2 rings (SSSR count). The number of imide groups is 1. The third-order valence-corrected chi connectivity index (χ3v) is 4.42. The zero-order valence-corrected chi connectivity index (χ0v) is 14.1. The molecule has 24 heavy (non-hydrogen) atoms. The maximum Gasteiger partial charge on any atom is 0.328 e. The average molecular weight is 371 g/mol. The van der Waals surface area contributed by atoms with Crippen LogP contribution in [0.15, 0.2) is 23.1 Å². The Morgan fingerprint density at radius 2 is 2.12 bits per heavy atom. The Hall–Kier alpha value is -2.39. The first-order valence-electron chi connectivity index (χ1n) is 6.55. The lowest BCUT2D eigenvalue weighted by molar-refractivity contribution is -0.384. The molecule has 126 valence electrons. The van der Waals surface area contributed by atoms with E-state index < -0.39 is 28.1 Å². The van der Waals surface area contributed by atoms with E-state index in [1.54, 1.807) is 0 Å². The van der Waals surface area contributed by atoms with Gasteiger partial charge in [-0.25, -0.2) is 4.79 Å². The molecule has 1 fully saturated rings. The molecule has 0 unspecified atom stereocenters. The van der Waals surface area contributed by atoms with Gasteiger partial charge in [-0.05, 0) is 36.4 Å². The number of nitro benzene ring substituents is 1. The maximum absolute atomic E-state index is 12.3. The molecule has 0 spiro atoms. The summed E-state index contributed by atoms with van der Waals surface area (Å²) in [7, 11) is 1.15. The first-order valence-corrected chi connectivity index (χ1v) is 7.74. The van der Waals surface area contributed by atoms with Crippen molar-refractivity contribution in [2.75, 3.05) is 7.11 Å².